The van der Waals surface area contributed by atoms with Gasteiger partial charge in [-0.3, -0.25) is 4.79 Å². The van der Waals surface area contributed by atoms with Crippen molar-refractivity contribution in [3.8, 4) is 0 Å². The normalized spacial score (nSPS) is 18.6. The molecule has 98 valence electrons. The number of benzene rings is 1. The maximum atomic E-state index is 13.8. The van der Waals surface area contributed by atoms with Crippen molar-refractivity contribution < 1.29 is 9.18 Å². The lowest BCUT2D eigenvalue weighted by atomic mass is 9.78. The molecule has 2 N–H and O–H groups in total. The Morgan fingerprint density at radius 1 is 1.33 bits per heavy atom. The van der Waals surface area contributed by atoms with E-state index in [1.807, 2.05) is 0 Å². The van der Waals surface area contributed by atoms with Gasteiger partial charge in [-0.25, -0.2) is 4.39 Å². The second kappa shape index (κ2) is 5.49. The molecule has 4 heteroatoms. The van der Waals surface area contributed by atoms with Gasteiger partial charge in [-0.2, -0.15) is 0 Å². The second-order valence-electron chi connectivity index (χ2n) is 5.12. The van der Waals surface area contributed by atoms with E-state index in [1.165, 1.54) is 12.5 Å². The number of Topliss-reactive ketones (excluding diaryl/α,β-unsaturated/α-hetero) is 1. The summed E-state index contributed by atoms with van der Waals surface area (Å²) in [6, 6.07) is 4.78. The van der Waals surface area contributed by atoms with E-state index in [4.69, 9.17) is 5.73 Å². The minimum absolute atomic E-state index is 0.139. The fourth-order valence-corrected chi connectivity index (χ4v) is 2.93. The largest absolute Gasteiger partial charge is 0.325 e. The second-order valence-corrected chi connectivity index (χ2v) is 5.98. The third-order valence-corrected chi connectivity index (χ3v) is 4.23. The molecule has 0 aromatic heterocycles. The zero-order valence-electron chi connectivity index (χ0n) is 10.2. The zero-order valence-corrected chi connectivity index (χ0v) is 11.8. The Bertz CT molecular complexity index is 455. The van der Waals surface area contributed by atoms with Gasteiger partial charge >= 0.3 is 0 Å². The van der Waals surface area contributed by atoms with Gasteiger partial charge in [0.25, 0.3) is 0 Å². The lowest BCUT2D eigenvalue weighted by molar-refractivity contribution is 0.0930. The molecule has 1 saturated carbocycles. The Morgan fingerprint density at radius 2 is 2.00 bits per heavy atom. The van der Waals surface area contributed by atoms with Gasteiger partial charge in [0, 0.05) is 12.0 Å². The number of carbonyl (C=O) groups excluding carboxylic acids is 1. The van der Waals surface area contributed by atoms with Crippen LogP contribution in [0.2, 0.25) is 0 Å². The van der Waals surface area contributed by atoms with Gasteiger partial charge in [0.15, 0.2) is 5.78 Å². The van der Waals surface area contributed by atoms with Crippen LogP contribution in [0.1, 0.15) is 48.9 Å². The Hall–Kier alpha value is -0.740. The van der Waals surface area contributed by atoms with Crippen molar-refractivity contribution in [3.63, 3.8) is 0 Å². The van der Waals surface area contributed by atoms with Crippen molar-refractivity contribution in [2.24, 2.45) is 5.73 Å². The van der Waals surface area contributed by atoms with E-state index in [0.29, 0.717) is 4.47 Å². The Labute approximate surface area is 115 Å². The predicted octanol–water partition coefficient (Wildman–Crippen LogP) is 3.82. The van der Waals surface area contributed by atoms with Gasteiger partial charge in [0.05, 0.1) is 10.0 Å². The highest BCUT2D eigenvalue weighted by atomic mass is 79.9. The first-order chi connectivity index (χ1) is 8.52. The highest BCUT2D eigenvalue weighted by Gasteiger charge is 2.31. The Morgan fingerprint density at radius 3 is 2.67 bits per heavy atom. The van der Waals surface area contributed by atoms with Crippen LogP contribution in [-0.4, -0.2) is 11.3 Å². The van der Waals surface area contributed by atoms with Gasteiger partial charge in [-0.15, -0.1) is 0 Å². The maximum absolute atomic E-state index is 13.8. The molecular weight excluding hydrogens is 297 g/mol. The van der Waals surface area contributed by atoms with E-state index in [2.05, 4.69) is 15.9 Å². The van der Waals surface area contributed by atoms with Crippen molar-refractivity contribution in [3.05, 3.63) is 34.1 Å². The number of hydrogen-bond donors (Lipinski definition) is 1. The number of carbonyl (C=O) groups is 1. The van der Waals surface area contributed by atoms with Gasteiger partial charge < -0.3 is 5.73 Å². The van der Waals surface area contributed by atoms with Crippen LogP contribution in [-0.2, 0) is 0 Å². The smallest absolute Gasteiger partial charge is 0.167 e. The molecule has 18 heavy (non-hydrogen) atoms. The van der Waals surface area contributed by atoms with Crippen molar-refractivity contribution in [2.75, 3.05) is 0 Å². The SMILES string of the molecule is NC1(CC(=O)c2cccc(Br)c2F)CCCCC1. The lowest BCUT2D eigenvalue weighted by Gasteiger charge is -2.32. The molecule has 0 atom stereocenters. The molecule has 0 saturated heterocycles. The average molecular weight is 314 g/mol. The van der Waals surface area contributed by atoms with Crippen LogP contribution in [0, 0.1) is 5.82 Å². The Balaban J connectivity index is 2.14. The topological polar surface area (TPSA) is 43.1 Å². The molecule has 1 fully saturated rings. The first-order valence-electron chi connectivity index (χ1n) is 6.28. The van der Waals surface area contributed by atoms with Crippen LogP contribution in [0.4, 0.5) is 4.39 Å². The van der Waals surface area contributed by atoms with Crippen molar-refractivity contribution in [2.45, 2.75) is 44.1 Å². The highest BCUT2D eigenvalue weighted by Crippen LogP contribution is 2.30. The van der Waals surface area contributed by atoms with E-state index in [0.717, 1.165) is 25.7 Å². The fourth-order valence-electron chi connectivity index (χ4n) is 2.57. The van der Waals surface area contributed by atoms with Gasteiger partial charge in [0.2, 0.25) is 0 Å². The molecule has 0 heterocycles. The highest BCUT2D eigenvalue weighted by molar-refractivity contribution is 9.10. The molecule has 0 aliphatic heterocycles. The summed E-state index contributed by atoms with van der Waals surface area (Å²) in [4.78, 5) is 12.2. The van der Waals surface area contributed by atoms with E-state index < -0.39 is 11.4 Å². The van der Waals surface area contributed by atoms with Crippen LogP contribution < -0.4 is 5.73 Å². The summed E-state index contributed by atoms with van der Waals surface area (Å²) in [5.41, 5.74) is 5.93. The van der Waals surface area contributed by atoms with Crippen LogP contribution in [0.5, 0.6) is 0 Å². The van der Waals surface area contributed by atoms with Gasteiger partial charge in [0.1, 0.15) is 5.82 Å². The number of ketones is 1. The van der Waals surface area contributed by atoms with Crippen molar-refractivity contribution >= 4 is 21.7 Å². The number of rotatable bonds is 3. The third kappa shape index (κ3) is 2.98. The molecule has 2 rings (SSSR count). The molecule has 0 amide bonds. The molecule has 0 unspecified atom stereocenters. The summed E-state index contributed by atoms with van der Waals surface area (Å²) in [6.07, 6.45) is 5.25. The van der Waals surface area contributed by atoms with E-state index in [1.54, 1.807) is 12.1 Å². The average Bonchev–Trinajstić information content (AvgIpc) is 2.33. The molecule has 1 aromatic carbocycles. The van der Waals surface area contributed by atoms with Crippen molar-refractivity contribution in [1.82, 2.24) is 0 Å². The predicted molar refractivity (Wildman–Crippen MR) is 73.1 cm³/mol. The number of nitrogens with two attached hydrogens (primary N) is 1. The maximum Gasteiger partial charge on any atom is 0.167 e. The monoisotopic (exact) mass is 313 g/mol. The molecule has 2 nitrogen and oxygen atoms in total. The summed E-state index contributed by atoms with van der Waals surface area (Å²) in [7, 11) is 0. The molecule has 0 spiro atoms. The number of hydrogen-bond acceptors (Lipinski definition) is 2. The molecule has 1 aromatic rings. The van der Waals surface area contributed by atoms with E-state index in [-0.39, 0.29) is 17.8 Å². The minimum Gasteiger partial charge on any atom is -0.325 e. The first kappa shape index (κ1) is 13.7. The summed E-state index contributed by atoms with van der Waals surface area (Å²) in [5.74, 6) is -0.680. The van der Waals surface area contributed by atoms with Crippen LogP contribution in [0.15, 0.2) is 22.7 Å². The molecule has 1 aliphatic carbocycles. The summed E-state index contributed by atoms with van der Waals surface area (Å²) in [5, 5.41) is 0. The van der Waals surface area contributed by atoms with Crippen molar-refractivity contribution in [1.29, 1.82) is 0 Å². The minimum atomic E-state index is -0.484. The Kier molecular flexibility index (Phi) is 4.17. The molecule has 0 bridgehead atoms. The third-order valence-electron chi connectivity index (χ3n) is 3.61. The van der Waals surface area contributed by atoms with E-state index >= 15 is 0 Å². The lowest BCUT2D eigenvalue weighted by Crippen LogP contribution is -2.43. The summed E-state index contributed by atoms with van der Waals surface area (Å²) in [6.45, 7) is 0. The summed E-state index contributed by atoms with van der Waals surface area (Å²) >= 11 is 3.09. The molecular formula is C14H17BrFNO. The van der Waals surface area contributed by atoms with E-state index in [9.17, 15) is 9.18 Å². The van der Waals surface area contributed by atoms with Gasteiger partial charge in [-0.1, -0.05) is 25.3 Å². The summed E-state index contributed by atoms with van der Waals surface area (Å²) < 4.78 is 14.1. The fraction of sp³-hybridized carbons (Fsp3) is 0.500. The molecule has 1 aliphatic rings. The van der Waals surface area contributed by atoms with Crippen LogP contribution >= 0.6 is 15.9 Å². The quantitative estimate of drug-likeness (QED) is 0.862. The van der Waals surface area contributed by atoms with Gasteiger partial charge in [-0.05, 0) is 40.9 Å². The molecule has 0 radical (unpaired) electrons. The zero-order chi connectivity index (χ0) is 13.2. The number of halogens is 2. The van der Waals surface area contributed by atoms with Crippen LogP contribution in [0.3, 0.4) is 0 Å². The first-order valence-corrected chi connectivity index (χ1v) is 7.07. The standard InChI is InChI=1S/C14H17BrFNO/c15-11-6-4-5-10(13(11)16)12(18)9-14(17)7-2-1-3-8-14/h4-6H,1-3,7-9,17H2. The van der Waals surface area contributed by atoms with Crippen LogP contribution in [0.25, 0.3) is 0 Å².